The third-order valence-corrected chi connectivity index (χ3v) is 6.55. The Balaban J connectivity index is 1.61. The molecule has 3 aromatic rings. The maximum atomic E-state index is 13.4. The van der Waals surface area contributed by atoms with E-state index in [1.54, 1.807) is 6.07 Å². The molecule has 0 aromatic heterocycles. The van der Waals surface area contributed by atoms with Crippen molar-refractivity contribution in [2.75, 3.05) is 6.61 Å². The van der Waals surface area contributed by atoms with Crippen LogP contribution in [-0.4, -0.2) is 34.4 Å². The molecule has 0 unspecified atom stereocenters. The Kier molecular flexibility index (Phi) is 6.51. The zero-order valence-electron chi connectivity index (χ0n) is 20.4. The summed E-state index contributed by atoms with van der Waals surface area (Å²) in [5, 5.41) is 11.4. The van der Waals surface area contributed by atoms with E-state index in [1.165, 1.54) is 4.90 Å². The fraction of sp³-hybridized carbons (Fsp3) is 0.267. The van der Waals surface area contributed by atoms with Crippen molar-refractivity contribution >= 4 is 17.4 Å². The van der Waals surface area contributed by atoms with Crippen molar-refractivity contribution in [2.24, 2.45) is 0 Å². The maximum absolute atomic E-state index is 13.4. The number of aliphatic hydroxyl groups excluding tert-OH is 1. The molecule has 36 heavy (non-hydrogen) atoms. The van der Waals surface area contributed by atoms with E-state index in [2.05, 4.69) is 0 Å². The molecule has 0 spiro atoms. The zero-order chi connectivity index (χ0) is 25.2. The molecule has 6 nitrogen and oxygen atoms in total. The Morgan fingerprint density at radius 2 is 1.86 bits per heavy atom. The highest BCUT2D eigenvalue weighted by Gasteiger charge is 2.46. The molecule has 184 valence electrons. The van der Waals surface area contributed by atoms with Crippen LogP contribution in [-0.2, 0) is 22.6 Å². The first-order chi connectivity index (χ1) is 17.5. The summed E-state index contributed by atoms with van der Waals surface area (Å²) >= 11 is 0. The second-order valence-corrected chi connectivity index (χ2v) is 9.29. The molecule has 2 aliphatic heterocycles. The first-order valence-corrected chi connectivity index (χ1v) is 12.3. The number of ketones is 1. The minimum atomic E-state index is -0.751. The van der Waals surface area contributed by atoms with E-state index < -0.39 is 17.7 Å². The van der Waals surface area contributed by atoms with Gasteiger partial charge in [-0.3, -0.25) is 9.59 Å². The first-order valence-electron chi connectivity index (χ1n) is 12.3. The third-order valence-electron chi connectivity index (χ3n) is 6.55. The lowest BCUT2D eigenvalue weighted by atomic mass is 9.94. The van der Waals surface area contributed by atoms with Gasteiger partial charge in [-0.1, -0.05) is 49.4 Å². The van der Waals surface area contributed by atoms with E-state index in [9.17, 15) is 14.7 Å². The van der Waals surface area contributed by atoms with Crippen molar-refractivity contribution in [1.29, 1.82) is 0 Å². The number of fused-ring (bicyclic) bond motifs is 1. The molecule has 1 fully saturated rings. The minimum absolute atomic E-state index is 0.0553. The van der Waals surface area contributed by atoms with Gasteiger partial charge in [0.25, 0.3) is 11.7 Å². The molecule has 6 heteroatoms. The highest BCUT2D eigenvalue weighted by Crippen LogP contribution is 2.42. The molecule has 2 heterocycles. The minimum Gasteiger partial charge on any atom is -0.507 e. The average Bonchev–Trinajstić information content (AvgIpc) is 3.39. The summed E-state index contributed by atoms with van der Waals surface area (Å²) in [5.41, 5.74) is 3.14. The number of amides is 1. The lowest BCUT2D eigenvalue weighted by Crippen LogP contribution is -2.29. The molecule has 2 aliphatic rings. The monoisotopic (exact) mass is 483 g/mol. The summed E-state index contributed by atoms with van der Waals surface area (Å²) in [4.78, 5) is 28.2. The van der Waals surface area contributed by atoms with E-state index >= 15 is 0 Å². The standard InChI is InChI=1S/C30H29NO5/c1-3-14-35-24-11-7-10-21(17-24)27-26(28(32)22-12-13-25-23(16-22)15-19(2)36-25)29(33)30(34)31(27)18-20-8-5-4-6-9-20/h4-13,16-17,19,27,32H,3,14-15,18H2,1-2H3/t19-,27+/m0/s1. The summed E-state index contributed by atoms with van der Waals surface area (Å²) in [5.74, 6) is -0.0813. The normalized spacial score (nSPS) is 20.3. The van der Waals surface area contributed by atoms with Crippen LogP contribution in [0.1, 0.15) is 48.6 Å². The first kappa shape index (κ1) is 23.7. The van der Waals surface area contributed by atoms with Crippen LogP contribution < -0.4 is 9.47 Å². The SMILES string of the molecule is CCCOc1cccc([C@@H]2C(=C(O)c3ccc4c(c3)C[C@H](C)O4)C(=O)C(=O)N2Cc2ccccc2)c1. The van der Waals surface area contributed by atoms with Gasteiger partial charge < -0.3 is 19.5 Å². The van der Waals surface area contributed by atoms with Crippen molar-refractivity contribution in [2.45, 2.75) is 45.4 Å². The molecule has 2 atom stereocenters. The Morgan fingerprint density at radius 1 is 1.06 bits per heavy atom. The number of hydrogen-bond acceptors (Lipinski definition) is 5. The Hall–Kier alpha value is -4.06. The van der Waals surface area contributed by atoms with Gasteiger partial charge in [0.05, 0.1) is 18.2 Å². The van der Waals surface area contributed by atoms with E-state index in [0.717, 1.165) is 29.7 Å². The molecule has 0 aliphatic carbocycles. The van der Waals surface area contributed by atoms with Crippen molar-refractivity contribution in [3.05, 3.63) is 101 Å². The lowest BCUT2D eigenvalue weighted by Gasteiger charge is -2.26. The summed E-state index contributed by atoms with van der Waals surface area (Å²) in [6, 6.07) is 21.6. The van der Waals surface area contributed by atoms with Crippen molar-refractivity contribution < 1.29 is 24.2 Å². The fourth-order valence-corrected chi connectivity index (χ4v) is 4.89. The van der Waals surface area contributed by atoms with Crippen LogP contribution >= 0.6 is 0 Å². The summed E-state index contributed by atoms with van der Waals surface area (Å²) < 4.78 is 11.6. The van der Waals surface area contributed by atoms with Crippen LogP contribution in [0.3, 0.4) is 0 Å². The summed E-state index contributed by atoms with van der Waals surface area (Å²) in [6.07, 6.45) is 1.64. The van der Waals surface area contributed by atoms with Gasteiger partial charge in [0.15, 0.2) is 0 Å². The average molecular weight is 484 g/mol. The van der Waals surface area contributed by atoms with Crippen LogP contribution in [0.2, 0.25) is 0 Å². The molecule has 0 saturated carbocycles. The van der Waals surface area contributed by atoms with Gasteiger partial charge in [-0.2, -0.15) is 0 Å². The molecular weight excluding hydrogens is 454 g/mol. The Labute approximate surface area is 210 Å². The van der Waals surface area contributed by atoms with Crippen LogP contribution in [0.25, 0.3) is 5.76 Å². The molecule has 3 aromatic carbocycles. The number of carbonyl (C=O) groups is 2. The number of ether oxygens (including phenoxy) is 2. The molecule has 0 bridgehead atoms. The number of benzene rings is 3. The van der Waals surface area contributed by atoms with Crippen LogP contribution in [0, 0.1) is 0 Å². The van der Waals surface area contributed by atoms with Gasteiger partial charge in [-0.15, -0.1) is 0 Å². The number of hydrogen-bond donors (Lipinski definition) is 1. The van der Waals surface area contributed by atoms with Gasteiger partial charge in [0, 0.05) is 18.5 Å². The van der Waals surface area contributed by atoms with Crippen LogP contribution in [0.4, 0.5) is 0 Å². The van der Waals surface area contributed by atoms with Crippen LogP contribution in [0.15, 0.2) is 78.4 Å². The summed E-state index contributed by atoms with van der Waals surface area (Å²) in [7, 11) is 0. The number of rotatable bonds is 7. The molecule has 5 rings (SSSR count). The Morgan fingerprint density at radius 3 is 2.64 bits per heavy atom. The van der Waals surface area contributed by atoms with Gasteiger partial charge >= 0.3 is 0 Å². The van der Waals surface area contributed by atoms with E-state index in [1.807, 2.05) is 80.6 Å². The largest absolute Gasteiger partial charge is 0.507 e. The van der Waals surface area contributed by atoms with E-state index in [4.69, 9.17) is 9.47 Å². The molecular formula is C30H29NO5. The second-order valence-electron chi connectivity index (χ2n) is 9.29. The molecule has 1 N–H and O–H groups in total. The molecule has 0 radical (unpaired) electrons. The topological polar surface area (TPSA) is 76.1 Å². The molecule has 1 saturated heterocycles. The predicted molar refractivity (Wildman–Crippen MR) is 137 cm³/mol. The van der Waals surface area contributed by atoms with Gasteiger partial charge in [0.1, 0.15) is 23.4 Å². The van der Waals surface area contributed by atoms with Crippen molar-refractivity contribution in [3.8, 4) is 11.5 Å². The van der Waals surface area contributed by atoms with Gasteiger partial charge in [0.2, 0.25) is 0 Å². The predicted octanol–water partition coefficient (Wildman–Crippen LogP) is 5.42. The van der Waals surface area contributed by atoms with Crippen LogP contribution in [0.5, 0.6) is 11.5 Å². The van der Waals surface area contributed by atoms with Crippen molar-refractivity contribution in [1.82, 2.24) is 4.90 Å². The number of nitrogens with zero attached hydrogens (tertiary/aromatic N) is 1. The highest BCUT2D eigenvalue weighted by atomic mass is 16.5. The molecule has 1 amide bonds. The zero-order valence-corrected chi connectivity index (χ0v) is 20.4. The Bertz CT molecular complexity index is 1330. The smallest absolute Gasteiger partial charge is 0.295 e. The van der Waals surface area contributed by atoms with E-state index in [0.29, 0.717) is 23.5 Å². The lowest BCUT2D eigenvalue weighted by molar-refractivity contribution is -0.140. The fourth-order valence-electron chi connectivity index (χ4n) is 4.89. The van der Waals surface area contributed by atoms with Gasteiger partial charge in [-0.25, -0.2) is 0 Å². The van der Waals surface area contributed by atoms with E-state index in [-0.39, 0.29) is 24.0 Å². The summed E-state index contributed by atoms with van der Waals surface area (Å²) in [6.45, 7) is 4.81. The van der Waals surface area contributed by atoms with Gasteiger partial charge in [-0.05, 0) is 60.4 Å². The third kappa shape index (κ3) is 4.47. The number of aliphatic hydroxyl groups is 1. The second kappa shape index (κ2) is 9.90. The van der Waals surface area contributed by atoms with Crippen molar-refractivity contribution in [3.63, 3.8) is 0 Å². The number of carbonyl (C=O) groups excluding carboxylic acids is 2. The maximum Gasteiger partial charge on any atom is 0.295 e. The quantitative estimate of drug-likeness (QED) is 0.276. The highest BCUT2D eigenvalue weighted by molar-refractivity contribution is 6.46. The number of likely N-dealkylation sites (tertiary alicyclic amines) is 1. The number of Topliss-reactive ketones (excluding diaryl/α,β-unsaturated/α-hetero) is 1.